The molecule has 1 heterocycles. The molecule has 0 radical (unpaired) electrons. The second-order valence-electron chi connectivity index (χ2n) is 8.59. The molecule has 10 heteroatoms. The van der Waals surface area contributed by atoms with Crippen LogP contribution in [0, 0.1) is 0 Å². The molecule has 1 aliphatic heterocycles. The third-order valence-electron chi connectivity index (χ3n) is 6.12. The second-order valence-corrected chi connectivity index (χ2v) is 10.9. The molecule has 3 aromatic rings. The number of methoxy groups -OCH3 is 1. The number of anilines is 2. The summed E-state index contributed by atoms with van der Waals surface area (Å²) in [4.78, 5) is 28.2. The molecule has 0 unspecified atom stereocenters. The quantitative estimate of drug-likeness (QED) is 0.441. The van der Waals surface area contributed by atoms with Crippen molar-refractivity contribution in [2.75, 3.05) is 36.4 Å². The van der Waals surface area contributed by atoms with Crippen molar-refractivity contribution in [3.8, 4) is 5.75 Å². The van der Waals surface area contributed by atoms with Gasteiger partial charge in [-0.15, -0.1) is 0 Å². The van der Waals surface area contributed by atoms with Crippen molar-refractivity contribution in [2.45, 2.75) is 24.2 Å². The number of ether oxygens (including phenoxy) is 1. The molecular weight excluding hydrogens is 514 g/mol. The number of para-hydroxylation sites is 1. The van der Waals surface area contributed by atoms with Gasteiger partial charge in [0.1, 0.15) is 12.3 Å². The lowest BCUT2D eigenvalue weighted by atomic mass is 10.1. The lowest BCUT2D eigenvalue weighted by Gasteiger charge is -2.28. The zero-order chi connectivity index (χ0) is 26.4. The molecule has 1 fully saturated rings. The molecule has 0 saturated carbocycles. The van der Waals surface area contributed by atoms with Crippen LogP contribution in [0.5, 0.6) is 5.75 Å². The smallest absolute Gasteiger partial charge is 0.264 e. The third kappa shape index (κ3) is 6.06. The molecule has 1 aliphatic rings. The minimum Gasteiger partial charge on any atom is -0.495 e. The predicted octanol–water partition coefficient (Wildman–Crippen LogP) is 4.81. The SMILES string of the molecule is COc1ccc(N(CC(=O)Nc2ccccc2C(=O)N2CCCCC2)S(=O)(=O)c2ccccc2)cc1Cl. The maximum absolute atomic E-state index is 13.6. The molecule has 194 valence electrons. The monoisotopic (exact) mass is 541 g/mol. The number of benzene rings is 3. The number of amides is 2. The zero-order valence-corrected chi connectivity index (χ0v) is 22.0. The summed E-state index contributed by atoms with van der Waals surface area (Å²) in [7, 11) is -2.67. The van der Waals surface area contributed by atoms with Gasteiger partial charge in [0.25, 0.3) is 15.9 Å². The lowest BCUT2D eigenvalue weighted by Crippen LogP contribution is -2.39. The highest BCUT2D eigenvalue weighted by molar-refractivity contribution is 7.92. The average Bonchev–Trinajstić information content (AvgIpc) is 2.92. The molecule has 4 rings (SSSR count). The maximum atomic E-state index is 13.6. The van der Waals surface area contributed by atoms with E-state index in [9.17, 15) is 18.0 Å². The fourth-order valence-corrected chi connectivity index (χ4v) is 5.90. The van der Waals surface area contributed by atoms with Crippen LogP contribution in [0.25, 0.3) is 0 Å². The Bertz CT molecular complexity index is 1380. The fourth-order valence-electron chi connectivity index (χ4n) is 4.21. The van der Waals surface area contributed by atoms with Crippen molar-refractivity contribution in [1.29, 1.82) is 0 Å². The molecule has 1 saturated heterocycles. The molecule has 0 aliphatic carbocycles. The number of carbonyl (C=O) groups excluding carboxylic acids is 2. The standard InChI is InChI=1S/C27H28ClN3O5S/c1-36-25-15-14-20(18-23(25)28)31(37(34,35)21-10-4-2-5-11-21)19-26(32)29-24-13-7-6-12-22(24)27(33)30-16-8-3-9-17-30/h2,4-7,10-15,18H,3,8-9,16-17,19H2,1H3,(H,29,32). The van der Waals surface area contributed by atoms with Crippen LogP contribution in [0.2, 0.25) is 5.02 Å². The molecule has 3 aromatic carbocycles. The van der Waals surface area contributed by atoms with E-state index in [4.69, 9.17) is 16.3 Å². The summed E-state index contributed by atoms with van der Waals surface area (Å²) < 4.78 is 33.3. The Morgan fingerprint density at radius 2 is 1.65 bits per heavy atom. The van der Waals surface area contributed by atoms with Gasteiger partial charge in [-0.3, -0.25) is 13.9 Å². The summed E-state index contributed by atoms with van der Waals surface area (Å²) >= 11 is 6.28. The Balaban J connectivity index is 1.63. The van der Waals surface area contributed by atoms with Gasteiger partial charge in [-0.1, -0.05) is 41.9 Å². The number of likely N-dealkylation sites (tertiary alicyclic amines) is 1. The fraction of sp³-hybridized carbons (Fsp3) is 0.259. The van der Waals surface area contributed by atoms with Crippen molar-refractivity contribution in [3.05, 3.63) is 83.4 Å². The van der Waals surface area contributed by atoms with Crippen LogP contribution in [-0.4, -0.2) is 51.9 Å². The number of sulfonamides is 1. The number of piperidine rings is 1. The minimum atomic E-state index is -4.12. The molecule has 0 spiro atoms. The van der Waals surface area contributed by atoms with E-state index in [1.165, 1.54) is 37.4 Å². The van der Waals surface area contributed by atoms with Crippen LogP contribution in [-0.2, 0) is 14.8 Å². The summed E-state index contributed by atoms with van der Waals surface area (Å²) in [6.45, 7) is 0.803. The van der Waals surface area contributed by atoms with Gasteiger partial charge < -0.3 is 15.0 Å². The van der Waals surface area contributed by atoms with Gasteiger partial charge in [0.15, 0.2) is 0 Å². The van der Waals surface area contributed by atoms with E-state index in [1.807, 2.05) is 0 Å². The number of carbonyl (C=O) groups is 2. The van der Waals surface area contributed by atoms with Gasteiger partial charge in [-0.25, -0.2) is 8.42 Å². The lowest BCUT2D eigenvalue weighted by molar-refractivity contribution is -0.114. The molecule has 2 amide bonds. The summed E-state index contributed by atoms with van der Waals surface area (Å²) in [6, 6.07) is 19.1. The molecule has 0 aromatic heterocycles. The normalized spacial score (nSPS) is 13.6. The average molecular weight is 542 g/mol. The zero-order valence-electron chi connectivity index (χ0n) is 20.4. The van der Waals surface area contributed by atoms with Crippen molar-refractivity contribution in [1.82, 2.24) is 4.90 Å². The van der Waals surface area contributed by atoms with Crippen LogP contribution >= 0.6 is 11.6 Å². The Morgan fingerprint density at radius 1 is 0.973 bits per heavy atom. The molecule has 37 heavy (non-hydrogen) atoms. The second kappa shape index (κ2) is 11.7. The summed E-state index contributed by atoms with van der Waals surface area (Å²) in [5.41, 5.74) is 0.887. The van der Waals surface area contributed by atoms with E-state index >= 15 is 0 Å². The van der Waals surface area contributed by atoms with E-state index in [1.54, 1.807) is 47.4 Å². The van der Waals surface area contributed by atoms with Crippen molar-refractivity contribution in [3.63, 3.8) is 0 Å². The first-order valence-electron chi connectivity index (χ1n) is 11.9. The van der Waals surface area contributed by atoms with Gasteiger partial charge in [0, 0.05) is 13.1 Å². The van der Waals surface area contributed by atoms with E-state index in [2.05, 4.69) is 5.32 Å². The summed E-state index contributed by atoms with van der Waals surface area (Å²) in [5, 5.41) is 2.94. The van der Waals surface area contributed by atoms with Crippen LogP contribution in [0.4, 0.5) is 11.4 Å². The van der Waals surface area contributed by atoms with Crippen LogP contribution < -0.4 is 14.4 Å². The first-order valence-corrected chi connectivity index (χ1v) is 13.7. The van der Waals surface area contributed by atoms with E-state index in [-0.39, 0.29) is 21.5 Å². The Hall–Kier alpha value is -3.56. The van der Waals surface area contributed by atoms with E-state index in [0.717, 1.165) is 23.6 Å². The predicted molar refractivity (Wildman–Crippen MR) is 144 cm³/mol. The molecular formula is C27H28ClN3O5S. The number of nitrogens with zero attached hydrogens (tertiary/aromatic N) is 2. The first-order chi connectivity index (χ1) is 17.8. The van der Waals surface area contributed by atoms with Gasteiger partial charge >= 0.3 is 0 Å². The maximum Gasteiger partial charge on any atom is 0.264 e. The number of hydrogen-bond acceptors (Lipinski definition) is 5. The summed E-state index contributed by atoms with van der Waals surface area (Å²) in [5.74, 6) is -0.395. The largest absolute Gasteiger partial charge is 0.495 e. The van der Waals surface area contributed by atoms with Gasteiger partial charge in [0.05, 0.1) is 34.0 Å². The Kier molecular flexibility index (Phi) is 8.35. The number of hydrogen-bond donors (Lipinski definition) is 1. The van der Waals surface area contributed by atoms with Crippen molar-refractivity contribution in [2.24, 2.45) is 0 Å². The number of halogens is 1. The number of nitrogens with one attached hydrogen (secondary N) is 1. The van der Waals surface area contributed by atoms with Gasteiger partial charge in [0.2, 0.25) is 5.91 Å². The minimum absolute atomic E-state index is 0.0235. The summed E-state index contributed by atoms with van der Waals surface area (Å²) in [6.07, 6.45) is 2.97. The van der Waals surface area contributed by atoms with Crippen molar-refractivity contribution < 1.29 is 22.7 Å². The van der Waals surface area contributed by atoms with Gasteiger partial charge in [-0.2, -0.15) is 0 Å². The van der Waals surface area contributed by atoms with Crippen LogP contribution in [0.3, 0.4) is 0 Å². The third-order valence-corrected chi connectivity index (χ3v) is 8.20. The molecule has 8 nitrogen and oxygen atoms in total. The first kappa shape index (κ1) is 26.5. The molecule has 0 bridgehead atoms. The van der Waals surface area contributed by atoms with Gasteiger partial charge in [-0.05, 0) is 61.7 Å². The van der Waals surface area contributed by atoms with E-state index in [0.29, 0.717) is 30.1 Å². The van der Waals surface area contributed by atoms with Crippen LogP contribution in [0.1, 0.15) is 29.6 Å². The Labute approximate surface area is 221 Å². The van der Waals surface area contributed by atoms with Crippen LogP contribution in [0.15, 0.2) is 77.7 Å². The highest BCUT2D eigenvalue weighted by Crippen LogP contribution is 2.32. The number of rotatable bonds is 8. The highest BCUT2D eigenvalue weighted by Gasteiger charge is 2.28. The topological polar surface area (TPSA) is 96.0 Å². The highest BCUT2D eigenvalue weighted by atomic mass is 35.5. The Morgan fingerprint density at radius 3 is 2.32 bits per heavy atom. The van der Waals surface area contributed by atoms with Crippen molar-refractivity contribution >= 4 is 44.8 Å². The van der Waals surface area contributed by atoms with E-state index < -0.39 is 22.5 Å². The molecule has 1 N–H and O–H groups in total. The molecule has 0 atom stereocenters.